The van der Waals surface area contributed by atoms with E-state index in [4.69, 9.17) is 4.74 Å². The van der Waals surface area contributed by atoms with E-state index in [2.05, 4.69) is 4.98 Å². The van der Waals surface area contributed by atoms with Crippen molar-refractivity contribution >= 4 is 17.5 Å². The summed E-state index contributed by atoms with van der Waals surface area (Å²) in [6.07, 6.45) is 2.33. The van der Waals surface area contributed by atoms with Gasteiger partial charge < -0.3 is 14.5 Å². The summed E-state index contributed by atoms with van der Waals surface area (Å²) < 4.78 is 5.90. The Bertz CT molecular complexity index is 781. The third-order valence-electron chi connectivity index (χ3n) is 4.80. The zero-order chi connectivity index (χ0) is 17.3. The van der Waals surface area contributed by atoms with E-state index in [-0.39, 0.29) is 18.4 Å². The number of amides is 2. The number of pyridine rings is 1. The van der Waals surface area contributed by atoms with Gasteiger partial charge in [-0.25, -0.2) is 0 Å². The van der Waals surface area contributed by atoms with Crippen LogP contribution in [0, 0.1) is 0 Å². The molecule has 6 heteroatoms. The standard InChI is InChI=1S/C19H19N3O3/c23-17-12-25-19(14-22(17)15-6-2-1-3-7-15)9-11-21(13-19)18(24)16-8-4-5-10-20-16/h1-8,10H,9,11-14H2. The lowest BCUT2D eigenvalue weighted by atomic mass is 10.00. The Morgan fingerprint density at radius 3 is 2.64 bits per heavy atom. The molecule has 0 radical (unpaired) electrons. The van der Waals surface area contributed by atoms with Crippen molar-refractivity contribution in [3.63, 3.8) is 0 Å². The van der Waals surface area contributed by atoms with Crippen LogP contribution < -0.4 is 4.90 Å². The largest absolute Gasteiger partial charge is 0.361 e. The molecule has 0 N–H and O–H groups in total. The van der Waals surface area contributed by atoms with E-state index in [1.807, 2.05) is 30.3 Å². The number of hydrogen-bond donors (Lipinski definition) is 0. The average Bonchev–Trinajstić information content (AvgIpc) is 3.08. The van der Waals surface area contributed by atoms with E-state index < -0.39 is 5.60 Å². The topological polar surface area (TPSA) is 62.7 Å². The van der Waals surface area contributed by atoms with Gasteiger partial charge in [-0.15, -0.1) is 0 Å². The summed E-state index contributed by atoms with van der Waals surface area (Å²) in [5.74, 6) is -0.143. The summed E-state index contributed by atoms with van der Waals surface area (Å²) in [7, 11) is 0. The van der Waals surface area contributed by atoms with Crippen LogP contribution in [0.15, 0.2) is 54.7 Å². The Labute approximate surface area is 146 Å². The van der Waals surface area contributed by atoms with E-state index in [9.17, 15) is 9.59 Å². The van der Waals surface area contributed by atoms with Gasteiger partial charge in [0.15, 0.2) is 0 Å². The molecule has 2 aromatic rings. The van der Waals surface area contributed by atoms with E-state index in [1.54, 1.807) is 34.2 Å². The Hall–Kier alpha value is -2.73. The number of aromatic nitrogens is 1. The van der Waals surface area contributed by atoms with Gasteiger partial charge in [0.25, 0.3) is 11.8 Å². The smallest absolute Gasteiger partial charge is 0.272 e. The molecule has 2 aliphatic rings. The maximum Gasteiger partial charge on any atom is 0.272 e. The molecule has 4 rings (SSSR count). The predicted octanol–water partition coefficient (Wildman–Crippen LogP) is 1.73. The molecule has 0 aliphatic carbocycles. The van der Waals surface area contributed by atoms with Gasteiger partial charge in [0, 0.05) is 18.4 Å². The van der Waals surface area contributed by atoms with Crippen LogP contribution in [-0.2, 0) is 9.53 Å². The Balaban J connectivity index is 1.51. The quantitative estimate of drug-likeness (QED) is 0.837. The maximum absolute atomic E-state index is 12.6. The molecule has 0 bridgehead atoms. The van der Waals surface area contributed by atoms with Crippen LogP contribution in [0.3, 0.4) is 0 Å². The highest BCUT2D eigenvalue weighted by Gasteiger charge is 2.46. The minimum Gasteiger partial charge on any atom is -0.361 e. The van der Waals surface area contributed by atoms with Crippen molar-refractivity contribution < 1.29 is 14.3 Å². The SMILES string of the molecule is O=C(c1ccccn1)N1CCC2(C1)CN(c1ccccc1)C(=O)CO2. The number of ether oxygens (including phenoxy) is 1. The molecule has 1 atom stereocenters. The van der Waals surface area contributed by atoms with Gasteiger partial charge in [-0.3, -0.25) is 14.6 Å². The molecule has 2 saturated heterocycles. The third kappa shape index (κ3) is 3.00. The average molecular weight is 337 g/mol. The fourth-order valence-electron chi connectivity index (χ4n) is 3.47. The number of hydrogen-bond acceptors (Lipinski definition) is 4. The lowest BCUT2D eigenvalue weighted by Crippen LogP contribution is -2.56. The highest BCUT2D eigenvalue weighted by atomic mass is 16.5. The second-order valence-corrected chi connectivity index (χ2v) is 6.48. The summed E-state index contributed by atoms with van der Waals surface area (Å²) in [5.41, 5.74) is 0.796. The molecule has 3 heterocycles. The number of carbonyl (C=O) groups is 2. The first-order chi connectivity index (χ1) is 12.2. The highest BCUT2D eigenvalue weighted by Crippen LogP contribution is 2.32. The molecule has 2 aliphatic heterocycles. The van der Waals surface area contributed by atoms with Gasteiger partial charge in [-0.05, 0) is 30.7 Å². The van der Waals surface area contributed by atoms with Crippen LogP contribution in [0.25, 0.3) is 0 Å². The summed E-state index contributed by atoms with van der Waals surface area (Å²) in [6, 6.07) is 14.9. The van der Waals surface area contributed by atoms with Crippen molar-refractivity contribution in [2.24, 2.45) is 0 Å². The van der Waals surface area contributed by atoms with Crippen molar-refractivity contribution in [2.45, 2.75) is 12.0 Å². The predicted molar refractivity (Wildman–Crippen MR) is 92.2 cm³/mol. The number of para-hydroxylation sites is 1. The monoisotopic (exact) mass is 337 g/mol. The van der Waals surface area contributed by atoms with E-state index in [0.717, 1.165) is 5.69 Å². The molecule has 128 valence electrons. The molecular formula is C19H19N3O3. The van der Waals surface area contributed by atoms with E-state index >= 15 is 0 Å². The van der Waals surface area contributed by atoms with Gasteiger partial charge in [-0.1, -0.05) is 24.3 Å². The zero-order valence-corrected chi connectivity index (χ0v) is 13.8. The number of nitrogens with zero attached hydrogens (tertiary/aromatic N) is 3. The van der Waals surface area contributed by atoms with E-state index in [1.165, 1.54) is 0 Å². The van der Waals surface area contributed by atoms with Crippen LogP contribution in [0.4, 0.5) is 5.69 Å². The third-order valence-corrected chi connectivity index (χ3v) is 4.80. The molecule has 2 amide bonds. The number of likely N-dealkylation sites (tertiary alicyclic amines) is 1. The summed E-state index contributed by atoms with van der Waals surface area (Å²) in [5, 5.41) is 0. The molecule has 1 unspecified atom stereocenters. The fraction of sp³-hybridized carbons (Fsp3) is 0.316. The van der Waals surface area contributed by atoms with Crippen LogP contribution in [0.1, 0.15) is 16.9 Å². The van der Waals surface area contributed by atoms with Crippen LogP contribution in [-0.4, -0.2) is 53.5 Å². The first-order valence-electron chi connectivity index (χ1n) is 8.37. The van der Waals surface area contributed by atoms with Gasteiger partial charge in [0.05, 0.1) is 13.1 Å². The molecule has 1 aromatic heterocycles. The van der Waals surface area contributed by atoms with Gasteiger partial charge >= 0.3 is 0 Å². The van der Waals surface area contributed by atoms with Crippen molar-refractivity contribution in [1.29, 1.82) is 0 Å². The summed E-state index contributed by atoms with van der Waals surface area (Å²) >= 11 is 0. The van der Waals surface area contributed by atoms with Crippen LogP contribution >= 0.6 is 0 Å². The molecular weight excluding hydrogens is 318 g/mol. The van der Waals surface area contributed by atoms with Crippen molar-refractivity contribution in [2.75, 3.05) is 31.1 Å². The Kier molecular flexibility index (Phi) is 3.97. The number of carbonyl (C=O) groups excluding carboxylic acids is 2. The van der Waals surface area contributed by atoms with Gasteiger partial charge in [-0.2, -0.15) is 0 Å². The lowest BCUT2D eigenvalue weighted by Gasteiger charge is -2.40. The van der Waals surface area contributed by atoms with Gasteiger partial charge in [0.1, 0.15) is 17.9 Å². The van der Waals surface area contributed by atoms with E-state index in [0.29, 0.717) is 31.7 Å². The fourth-order valence-corrected chi connectivity index (χ4v) is 3.47. The molecule has 2 fully saturated rings. The number of benzene rings is 1. The summed E-state index contributed by atoms with van der Waals surface area (Å²) in [6.45, 7) is 1.58. The maximum atomic E-state index is 12.6. The summed E-state index contributed by atoms with van der Waals surface area (Å²) in [4.78, 5) is 32.6. The molecule has 25 heavy (non-hydrogen) atoms. The first-order valence-corrected chi connectivity index (χ1v) is 8.37. The van der Waals surface area contributed by atoms with Gasteiger partial charge in [0.2, 0.25) is 0 Å². The molecule has 1 spiro atoms. The number of morpholine rings is 1. The van der Waals surface area contributed by atoms with Crippen molar-refractivity contribution in [1.82, 2.24) is 9.88 Å². The molecule has 0 saturated carbocycles. The second-order valence-electron chi connectivity index (χ2n) is 6.48. The lowest BCUT2D eigenvalue weighted by molar-refractivity contribution is -0.137. The number of anilines is 1. The zero-order valence-electron chi connectivity index (χ0n) is 13.8. The number of rotatable bonds is 2. The highest BCUT2D eigenvalue weighted by molar-refractivity contribution is 5.95. The minimum absolute atomic E-state index is 0.0422. The second kappa shape index (κ2) is 6.29. The normalized spacial score (nSPS) is 23.3. The molecule has 1 aromatic carbocycles. The minimum atomic E-state index is -0.506. The van der Waals surface area contributed by atoms with Crippen molar-refractivity contribution in [3.05, 3.63) is 60.4 Å². The molecule has 6 nitrogen and oxygen atoms in total. The van der Waals surface area contributed by atoms with Crippen molar-refractivity contribution in [3.8, 4) is 0 Å². The first kappa shape index (κ1) is 15.8. The Morgan fingerprint density at radius 2 is 1.88 bits per heavy atom. The van der Waals surface area contributed by atoms with Crippen LogP contribution in [0.2, 0.25) is 0 Å². The Morgan fingerprint density at radius 1 is 1.08 bits per heavy atom. The van der Waals surface area contributed by atoms with Crippen LogP contribution in [0.5, 0.6) is 0 Å².